The molecule has 158 valence electrons. The molecule has 0 saturated carbocycles. The van der Waals surface area contributed by atoms with Gasteiger partial charge in [-0.1, -0.05) is 36.0 Å². The first-order valence-corrected chi connectivity index (χ1v) is 10.9. The van der Waals surface area contributed by atoms with E-state index in [0.717, 1.165) is 0 Å². The molecule has 0 atom stereocenters. The molecule has 0 fully saturated rings. The van der Waals surface area contributed by atoms with Gasteiger partial charge in [0.2, 0.25) is 0 Å². The number of thioether (sulfide) groups is 1. The van der Waals surface area contributed by atoms with E-state index in [1.807, 2.05) is 12.1 Å². The first kappa shape index (κ1) is 20.1. The highest BCUT2D eigenvalue weighted by Crippen LogP contribution is 2.24. The third-order valence-electron chi connectivity index (χ3n) is 5.24. The summed E-state index contributed by atoms with van der Waals surface area (Å²) in [4.78, 5) is 35.3. The maximum Gasteiger partial charge on any atom is 0.266 e. The third kappa shape index (κ3) is 3.48. The van der Waals surface area contributed by atoms with Crippen molar-refractivity contribution < 1.29 is 4.39 Å². The monoisotopic (exact) mass is 444 g/mol. The molecule has 8 heteroatoms. The Bertz CT molecular complexity index is 1590. The lowest BCUT2D eigenvalue weighted by Gasteiger charge is -2.14. The second-order valence-electron chi connectivity index (χ2n) is 7.23. The largest absolute Gasteiger partial charge is 0.299 e. The van der Waals surface area contributed by atoms with Gasteiger partial charge in [-0.05, 0) is 48.5 Å². The molecular weight excluding hydrogens is 427 g/mol. The van der Waals surface area contributed by atoms with Crippen LogP contribution in [0.5, 0.6) is 0 Å². The minimum atomic E-state index is -0.389. The van der Waals surface area contributed by atoms with Gasteiger partial charge in [-0.15, -0.1) is 0 Å². The van der Waals surface area contributed by atoms with Crippen molar-refractivity contribution in [1.29, 1.82) is 0 Å². The summed E-state index contributed by atoms with van der Waals surface area (Å²) < 4.78 is 16.5. The lowest BCUT2D eigenvalue weighted by Crippen LogP contribution is -2.23. The van der Waals surface area contributed by atoms with Crippen LogP contribution >= 0.6 is 11.8 Å². The van der Waals surface area contributed by atoms with E-state index in [4.69, 9.17) is 0 Å². The zero-order chi connectivity index (χ0) is 22.2. The summed E-state index contributed by atoms with van der Waals surface area (Å²) in [5.74, 6) is 0.495. The molecular formula is C24H17FN4O2S. The molecule has 0 aliphatic heterocycles. The van der Waals surface area contributed by atoms with E-state index in [2.05, 4.69) is 9.97 Å². The van der Waals surface area contributed by atoms with E-state index < -0.39 is 0 Å². The van der Waals surface area contributed by atoms with Crippen LogP contribution in [0.15, 0.2) is 87.5 Å². The molecule has 0 aliphatic carbocycles. The predicted octanol–water partition coefficient (Wildman–Crippen LogP) is 4.06. The van der Waals surface area contributed by atoms with Gasteiger partial charge in [0, 0.05) is 7.05 Å². The molecule has 0 radical (unpaired) electrons. The number of fused-ring (bicyclic) bond motifs is 2. The lowest BCUT2D eigenvalue weighted by molar-refractivity contribution is 0.627. The lowest BCUT2D eigenvalue weighted by atomic mass is 10.2. The molecule has 32 heavy (non-hydrogen) atoms. The van der Waals surface area contributed by atoms with Crippen molar-refractivity contribution >= 4 is 33.6 Å². The number of nitrogens with zero attached hydrogens (tertiary/aromatic N) is 4. The number of halogens is 1. The average molecular weight is 444 g/mol. The summed E-state index contributed by atoms with van der Waals surface area (Å²) in [6.07, 6.45) is 0. The van der Waals surface area contributed by atoms with Crippen LogP contribution in [0.25, 0.3) is 27.5 Å². The zero-order valence-electron chi connectivity index (χ0n) is 17.0. The number of benzene rings is 3. The van der Waals surface area contributed by atoms with Crippen LogP contribution in [-0.4, -0.2) is 19.1 Å². The number of rotatable bonds is 4. The number of hydrogen-bond donors (Lipinski definition) is 0. The predicted molar refractivity (Wildman–Crippen MR) is 124 cm³/mol. The van der Waals surface area contributed by atoms with Crippen LogP contribution < -0.4 is 11.1 Å². The van der Waals surface area contributed by atoms with Crippen LogP contribution in [0.1, 0.15) is 5.82 Å². The molecule has 5 rings (SSSR count). The normalized spacial score (nSPS) is 11.3. The van der Waals surface area contributed by atoms with Crippen molar-refractivity contribution in [2.45, 2.75) is 10.9 Å². The van der Waals surface area contributed by atoms with E-state index in [1.54, 1.807) is 55.6 Å². The van der Waals surface area contributed by atoms with Crippen LogP contribution in [0.4, 0.5) is 4.39 Å². The molecule has 0 spiro atoms. The fourth-order valence-electron chi connectivity index (χ4n) is 3.55. The SMILES string of the molecule is Cn1c(CSc2nc3ccccc3c(=O)n2-c2ccc(F)cc2)nc2ccccc2c1=O. The minimum absolute atomic E-state index is 0.131. The molecule has 3 aromatic carbocycles. The third-order valence-corrected chi connectivity index (χ3v) is 6.17. The Hall–Kier alpha value is -3.78. The van der Waals surface area contributed by atoms with Crippen LogP contribution in [0.3, 0.4) is 0 Å². The summed E-state index contributed by atoms with van der Waals surface area (Å²) in [6.45, 7) is 0. The van der Waals surface area contributed by atoms with E-state index in [9.17, 15) is 14.0 Å². The van der Waals surface area contributed by atoms with E-state index in [0.29, 0.717) is 44.2 Å². The minimum Gasteiger partial charge on any atom is -0.299 e. The van der Waals surface area contributed by atoms with Crippen molar-refractivity contribution in [1.82, 2.24) is 19.1 Å². The van der Waals surface area contributed by atoms with Gasteiger partial charge >= 0.3 is 0 Å². The van der Waals surface area contributed by atoms with Gasteiger partial charge in [0.15, 0.2) is 5.16 Å². The van der Waals surface area contributed by atoms with Gasteiger partial charge in [0.05, 0.1) is 33.2 Å². The Morgan fingerprint density at radius 2 is 1.41 bits per heavy atom. The molecule has 0 unspecified atom stereocenters. The van der Waals surface area contributed by atoms with Crippen LogP contribution in [0.2, 0.25) is 0 Å². The summed E-state index contributed by atoms with van der Waals surface area (Å²) in [6, 6.07) is 20.0. The quantitative estimate of drug-likeness (QED) is 0.309. The van der Waals surface area contributed by atoms with E-state index >= 15 is 0 Å². The Morgan fingerprint density at radius 1 is 0.812 bits per heavy atom. The summed E-state index contributed by atoms with van der Waals surface area (Å²) in [5, 5.41) is 1.45. The van der Waals surface area contributed by atoms with E-state index in [1.165, 1.54) is 33.0 Å². The van der Waals surface area contributed by atoms with Crippen molar-refractivity contribution in [2.75, 3.05) is 0 Å². The molecule has 0 amide bonds. The maximum absolute atomic E-state index is 13.5. The van der Waals surface area contributed by atoms with Gasteiger partial charge in [-0.2, -0.15) is 0 Å². The Morgan fingerprint density at radius 3 is 2.09 bits per heavy atom. The fourth-order valence-corrected chi connectivity index (χ4v) is 4.55. The van der Waals surface area contributed by atoms with Gasteiger partial charge in [-0.3, -0.25) is 18.7 Å². The molecule has 5 aromatic rings. The first-order valence-electron chi connectivity index (χ1n) is 9.88. The molecule has 0 bridgehead atoms. The van der Waals surface area contributed by atoms with E-state index in [-0.39, 0.29) is 16.9 Å². The first-order chi connectivity index (χ1) is 15.5. The summed E-state index contributed by atoms with van der Waals surface area (Å²) >= 11 is 1.30. The van der Waals surface area contributed by atoms with Crippen molar-refractivity contribution in [3.63, 3.8) is 0 Å². The van der Waals surface area contributed by atoms with Crippen LogP contribution in [-0.2, 0) is 12.8 Å². The van der Waals surface area contributed by atoms with Crippen molar-refractivity contribution in [2.24, 2.45) is 7.05 Å². The average Bonchev–Trinajstić information content (AvgIpc) is 2.81. The number of hydrogen-bond acceptors (Lipinski definition) is 5. The Labute approximate surface area is 186 Å². The second kappa shape index (κ2) is 8.05. The summed E-state index contributed by atoms with van der Waals surface area (Å²) in [7, 11) is 1.68. The van der Waals surface area contributed by atoms with Crippen molar-refractivity contribution in [3.05, 3.63) is 105 Å². The van der Waals surface area contributed by atoms with Crippen LogP contribution in [0, 0.1) is 5.82 Å². The highest BCUT2D eigenvalue weighted by Gasteiger charge is 2.15. The number of para-hydroxylation sites is 2. The molecule has 0 aliphatic rings. The molecule has 2 heterocycles. The van der Waals surface area contributed by atoms with Gasteiger partial charge < -0.3 is 0 Å². The highest BCUT2D eigenvalue weighted by molar-refractivity contribution is 7.98. The topological polar surface area (TPSA) is 69.8 Å². The second-order valence-corrected chi connectivity index (χ2v) is 8.17. The molecule has 6 nitrogen and oxygen atoms in total. The summed E-state index contributed by atoms with van der Waals surface area (Å²) in [5.41, 5.74) is 1.32. The molecule has 0 N–H and O–H groups in total. The van der Waals surface area contributed by atoms with Crippen molar-refractivity contribution in [3.8, 4) is 5.69 Å². The number of aromatic nitrogens is 4. The van der Waals surface area contributed by atoms with Gasteiger partial charge in [-0.25, -0.2) is 14.4 Å². The smallest absolute Gasteiger partial charge is 0.266 e. The maximum atomic E-state index is 13.5. The molecule has 0 saturated heterocycles. The van der Waals surface area contributed by atoms with Gasteiger partial charge in [0.1, 0.15) is 11.6 Å². The Kier molecular flexibility index (Phi) is 5.07. The Balaban J connectivity index is 1.63. The standard InChI is InChI=1S/C24H17FN4O2S/c1-28-21(26-19-8-4-2-6-17(19)22(28)30)14-32-24-27-20-9-5-3-7-18(20)23(31)29(24)16-12-10-15(25)11-13-16/h2-13H,14H2,1H3. The zero-order valence-corrected chi connectivity index (χ0v) is 17.8. The van der Waals surface area contributed by atoms with Gasteiger partial charge in [0.25, 0.3) is 11.1 Å². The highest BCUT2D eigenvalue weighted by atomic mass is 32.2. The fraction of sp³-hybridized carbons (Fsp3) is 0.0833. The molecule has 2 aromatic heterocycles.